The third-order valence-electron chi connectivity index (χ3n) is 11.1. The topological polar surface area (TPSA) is 486 Å². The van der Waals surface area contributed by atoms with Gasteiger partial charge in [0.2, 0.25) is 0 Å². The lowest BCUT2D eigenvalue weighted by molar-refractivity contribution is -0.172. The standard InChI is InChI=1S/C45H57N8O17P3S4.2O3S/c1-3-77(74)27-65-38-23-40(68-39(38)25-66-72(60,61)70-73(62,63)69-71(57,58)59)53-24-30(42(48)52-45(53)56)8-7-16-51-44(55)50-15-5-4-6-18-64-26-76-75-19-17-49-43(54)29-10-9-28(2)35(20-29)41-33-13-11-31(46)21-36(33)67-37-22-32(47)12-14-34(37)41;2*1-4(2)3/h9-14,20-22,24,38-40,46H,3-6,15-19,23,25-27,47H2,1-2H3,(H,49,54)(H,60,61)(H,62,63)(H2,48,52,56)(H2,50,51,55)(H2,57,58,59);;/p+1/t38?,39-,40-,77?;;/m1../s1. The molecule has 13 N–H and O–H groups in total. The Kier molecular flexibility index (Phi) is 29.6. The lowest BCUT2D eigenvalue weighted by Crippen LogP contribution is -2.44. The number of carbonyl (C=O) groups excluding carboxylic acids is 2. The molecule has 466 valence electrons. The third-order valence-corrected chi connectivity index (χ3v) is 19.0. The molecule has 1 aromatic heterocycles. The number of aromatic nitrogens is 2. The summed E-state index contributed by atoms with van der Waals surface area (Å²) in [7, 11) is -20.6. The summed E-state index contributed by atoms with van der Waals surface area (Å²) in [6.07, 6.45) is 0.258. The van der Waals surface area contributed by atoms with Crippen molar-refractivity contribution < 1.29 is 105 Å². The molecule has 31 nitrogen and oxygen atoms in total. The van der Waals surface area contributed by atoms with Crippen LogP contribution in [-0.4, -0.2) is 135 Å². The summed E-state index contributed by atoms with van der Waals surface area (Å²) < 4.78 is 123. The second-order valence-corrected chi connectivity index (χ2v) is 28.0. The molecule has 0 radical (unpaired) electrons. The van der Waals surface area contributed by atoms with Crippen molar-refractivity contribution in [3.63, 3.8) is 0 Å². The monoisotopic (exact) mass is 1360 g/mol. The van der Waals surface area contributed by atoms with Crippen molar-refractivity contribution in [3.05, 3.63) is 93.3 Å². The number of ether oxygens (including phenoxy) is 3. The van der Waals surface area contributed by atoms with Crippen LogP contribution in [0.2, 0.25) is 0 Å². The number of nitrogens with one attached hydrogen (secondary N) is 3. The van der Waals surface area contributed by atoms with Gasteiger partial charge in [-0.05, 0) is 84.6 Å². The molecule has 4 unspecified atom stereocenters. The molecule has 2 aliphatic heterocycles. The van der Waals surface area contributed by atoms with Crippen LogP contribution in [0.1, 0.15) is 60.3 Å². The zero-order chi connectivity index (χ0) is 63.1. The number of unbranched alkanes of at least 4 members (excludes halogenated alkanes) is 2. The number of phosphoric acid groups is 3. The minimum absolute atomic E-state index is 0.0474. The molecule has 0 spiro atoms. The Hall–Kier alpha value is -5.29. The maximum absolute atomic E-state index is 13.3. The molecular formula is C45H58N8O23P3S6+. The zero-order valence-electron chi connectivity index (χ0n) is 44.7. The van der Waals surface area contributed by atoms with E-state index in [-0.39, 0.29) is 36.2 Å². The zero-order valence-corrected chi connectivity index (χ0v) is 52.2. The number of nitrogens with two attached hydrogens (primary N) is 3. The highest BCUT2D eigenvalue weighted by Crippen LogP contribution is 2.66. The number of nitrogen functional groups attached to an aromatic ring is 2. The van der Waals surface area contributed by atoms with Crippen LogP contribution in [0.25, 0.3) is 33.4 Å². The predicted molar refractivity (Wildman–Crippen MR) is 313 cm³/mol. The average molecular weight is 1360 g/mol. The summed E-state index contributed by atoms with van der Waals surface area (Å²) in [4.78, 5) is 79.4. The van der Waals surface area contributed by atoms with Crippen molar-refractivity contribution >= 4 is 121 Å². The summed E-state index contributed by atoms with van der Waals surface area (Å²) in [5.74, 6) is 7.50. The van der Waals surface area contributed by atoms with Crippen molar-refractivity contribution in [1.82, 2.24) is 25.5 Å². The van der Waals surface area contributed by atoms with Crippen molar-refractivity contribution in [2.45, 2.75) is 58.0 Å². The molecular weight excluding hydrogens is 1310 g/mol. The molecule has 2 aromatic carbocycles. The Morgan fingerprint density at radius 2 is 1.62 bits per heavy atom. The van der Waals surface area contributed by atoms with Crippen molar-refractivity contribution in [2.75, 3.05) is 67.7 Å². The number of carbonyl (C=O) groups is 2. The lowest BCUT2D eigenvalue weighted by Gasteiger charge is -2.21. The Bertz CT molecular complexity index is 3700. The third kappa shape index (κ3) is 25.9. The number of amides is 3. The van der Waals surface area contributed by atoms with Crippen LogP contribution in [-0.2, 0) is 82.9 Å². The van der Waals surface area contributed by atoms with E-state index in [0.29, 0.717) is 71.5 Å². The summed E-state index contributed by atoms with van der Waals surface area (Å²) in [6.45, 7) is 4.32. The van der Waals surface area contributed by atoms with E-state index in [9.17, 15) is 37.9 Å². The van der Waals surface area contributed by atoms with Gasteiger partial charge in [-0.15, -0.1) is 25.3 Å². The van der Waals surface area contributed by atoms with Crippen LogP contribution >= 0.6 is 45.1 Å². The molecule has 85 heavy (non-hydrogen) atoms. The Labute approximate surface area is 502 Å². The van der Waals surface area contributed by atoms with Crippen LogP contribution in [0.4, 0.5) is 16.3 Å². The van der Waals surface area contributed by atoms with Gasteiger partial charge < -0.3 is 65.6 Å². The van der Waals surface area contributed by atoms with Crippen LogP contribution in [0, 0.1) is 18.8 Å². The summed E-state index contributed by atoms with van der Waals surface area (Å²) in [6, 6.07) is 16.2. The molecule has 0 bridgehead atoms. The fourth-order valence-corrected chi connectivity index (χ4v) is 12.7. The number of aryl methyl sites for hydroxylation is 1. The van der Waals surface area contributed by atoms with E-state index < -0.39 is 90.9 Å². The van der Waals surface area contributed by atoms with Crippen LogP contribution in [0.5, 0.6) is 0 Å². The number of anilines is 2. The highest BCUT2D eigenvalue weighted by atomic mass is 33.1. The second-order valence-electron chi connectivity index (χ2n) is 17.2. The molecule has 1 fully saturated rings. The molecule has 3 amide bonds. The number of rotatable bonds is 27. The lowest BCUT2D eigenvalue weighted by atomic mass is 9.90. The Morgan fingerprint density at radius 1 is 0.906 bits per heavy atom. The number of nitrogens with zero attached hydrogens (tertiary/aromatic N) is 2. The normalized spacial score (nSPS) is 16.4. The van der Waals surface area contributed by atoms with Crippen LogP contribution in [0.15, 0.2) is 70.0 Å². The number of fused-ring (bicyclic) bond motifs is 2. The highest BCUT2D eigenvalue weighted by molar-refractivity contribution is 8.76. The molecule has 6 rings (SSSR count). The minimum atomic E-state index is -5.78. The van der Waals surface area contributed by atoms with Crippen LogP contribution < -0.4 is 43.9 Å². The fourth-order valence-electron chi connectivity index (χ4n) is 7.47. The number of phosphoric ester groups is 1. The molecule has 3 aromatic rings. The first-order valence-electron chi connectivity index (χ1n) is 24.4. The molecule has 6 atom stereocenters. The van der Waals surface area contributed by atoms with E-state index in [4.69, 9.17) is 86.3 Å². The van der Waals surface area contributed by atoms with E-state index in [2.05, 4.69) is 41.4 Å². The Balaban J connectivity index is 0.00000182. The maximum Gasteiger partial charge on any atom is 0.490 e. The van der Waals surface area contributed by atoms with E-state index in [0.717, 1.165) is 45.0 Å². The van der Waals surface area contributed by atoms with Gasteiger partial charge in [0.1, 0.15) is 35.4 Å². The maximum atomic E-state index is 13.3. The van der Waals surface area contributed by atoms with Crippen LogP contribution in [0.3, 0.4) is 0 Å². The minimum Gasteiger partial charge on any atom is -0.456 e. The molecule has 40 heteroatoms. The van der Waals surface area contributed by atoms with Crippen molar-refractivity contribution in [2.24, 2.45) is 0 Å². The van der Waals surface area contributed by atoms with Gasteiger partial charge in [-0.25, -0.2) is 23.3 Å². The first-order chi connectivity index (χ1) is 40.0. The summed E-state index contributed by atoms with van der Waals surface area (Å²) >= 11 is 5.33. The quantitative estimate of drug-likeness (QED) is 0.00678. The average Bonchev–Trinajstić information content (AvgIpc) is 1.35. The van der Waals surface area contributed by atoms with Gasteiger partial charge in [0, 0.05) is 78.0 Å². The van der Waals surface area contributed by atoms with E-state index >= 15 is 0 Å². The first kappa shape index (κ1) is 72.2. The SMILES string of the molecule is CCS(=S)COC1C[C@H](n2cc(C#CCNC(=O)NCCCCCOCSSCCNC(=O)c3ccc(C)c(-c4c5ccc(=[NH2+])cc-5oc5cc(N)ccc45)c3)c(N)nc2=O)O[C@@H]1COP(=O)(O)OP(=O)(O)OP(=O)(O)O.O=S(=O)=O.O=S(=O)=O. The number of urea groups is 1. The fraction of sp³-hybridized carbons (Fsp3) is 0.400. The van der Waals surface area contributed by atoms with Gasteiger partial charge >= 0.3 is 56.4 Å². The Morgan fingerprint density at radius 3 is 2.32 bits per heavy atom. The summed E-state index contributed by atoms with van der Waals surface area (Å²) in [5.41, 5.74) is 16.7. The molecule has 0 saturated carbocycles. The molecule has 1 saturated heterocycles. The van der Waals surface area contributed by atoms with Gasteiger partial charge in [0.25, 0.3) is 5.91 Å². The van der Waals surface area contributed by atoms with Gasteiger partial charge in [-0.3, -0.25) is 19.3 Å². The van der Waals surface area contributed by atoms with Crippen molar-refractivity contribution in [3.8, 4) is 34.3 Å². The van der Waals surface area contributed by atoms with Crippen molar-refractivity contribution in [1.29, 1.82) is 0 Å². The second kappa shape index (κ2) is 34.9. The van der Waals surface area contributed by atoms with Gasteiger partial charge in [-0.2, -0.15) is 13.6 Å². The largest absolute Gasteiger partial charge is 0.490 e. The molecule has 1 aliphatic carbocycles. The van der Waals surface area contributed by atoms with Gasteiger partial charge in [0.05, 0.1) is 36.8 Å². The number of hydrogen-bond donors (Lipinski definition) is 10. The highest BCUT2D eigenvalue weighted by Gasteiger charge is 2.44. The van der Waals surface area contributed by atoms with Gasteiger partial charge in [-0.1, -0.05) is 55.9 Å². The number of hydrogen-bond acceptors (Lipinski definition) is 25. The van der Waals surface area contributed by atoms with E-state index in [1.165, 1.54) is 6.20 Å². The molecule has 3 heterocycles. The van der Waals surface area contributed by atoms with E-state index in [1.807, 2.05) is 56.3 Å². The molecule has 3 aliphatic rings. The predicted octanol–water partition coefficient (Wildman–Crippen LogP) is 1.57. The first-order valence-corrected chi connectivity index (χ1v) is 35.9. The number of benzene rings is 3. The van der Waals surface area contributed by atoms with Gasteiger partial charge in [0.15, 0.2) is 5.36 Å². The van der Waals surface area contributed by atoms with E-state index in [1.54, 1.807) is 33.7 Å². The smallest absolute Gasteiger partial charge is 0.456 e. The summed E-state index contributed by atoms with van der Waals surface area (Å²) in [5, 5.41) is 15.9.